The Morgan fingerprint density at radius 2 is 1.56 bits per heavy atom. The third-order valence-electron chi connectivity index (χ3n) is 10.2. The monoisotopic (exact) mass is 449 g/mol. The van der Waals surface area contributed by atoms with Crippen molar-refractivity contribution in [1.29, 1.82) is 0 Å². The summed E-state index contributed by atoms with van der Waals surface area (Å²) in [6, 6.07) is 0. The van der Waals surface area contributed by atoms with E-state index in [0.29, 0.717) is 22.7 Å². The van der Waals surface area contributed by atoms with Gasteiger partial charge in [-0.3, -0.25) is 0 Å². The summed E-state index contributed by atoms with van der Waals surface area (Å²) in [7, 11) is 8.50. The molecular weight excluding hydrogens is 398 g/mol. The zero-order chi connectivity index (χ0) is 23.9. The molecule has 4 saturated carbocycles. The highest BCUT2D eigenvalue weighted by Gasteiger charge is 2.60. The smallest absolute Gasteiger partial charge is 0.0675 e. The van der Waals surface area contributed by atoms with Gasteiger partial charge in [-0.1, -0.05) is 20.8 Å². The fourth-order valence-electron chi connectivity index (χ4n) is 8.76. The number of rotatable bonds is 4. The molecule has 0 spiro atoms. The highest BCUT2D eigenvalue weighted by molar-refractivity contribution is 5.64. The van der Waals surface area contributed by atoms with Crippen molar-refractivity contribution in [2.75, 3.05) is 28.2 Å². The number of carboxylic acid groups (broad SMARTS) is 1. The third-order valence-corrected chi connectivity index (χ3v) is 10.2. The number of aliphatic hydroxyl groups excluding tert-OH is 1. The van der Waals surface area contributed by atoms with Crippen molar-refractivity contribution in [3.8, 4) is 0 Å². The first-order valence-corrected chi connectivity index (χ1v) is 13.4. The highest BCUT2D eigenvalue weighted by atomic mass is 16.4. The molecule has 0 aromatic heterocycles. The third kappa shape index (κ3) is 5.37. The quantitative estimate of drug-likeness (QED) is 0.643. The Balaban J connectivity index is 0.000000523. The Kier molecular flexibility index (Phi) is 7.77. The SMILES string of the molecule is C[C@H](CCC(=O)[O-])[C@H]1CC[C@H]2[C@@H]3CC[C@@H]4C[C@H](O)CC[C@]4(C)[C@H]3CC[C@]12C.C[N+](C)(C)C. The van der Waals surface area contributed by atoms with Crippen LogP contribution in [0.3, 0.4) is 0 Å². The van der Waals surface area contributed by atoms with Crippen LogP contribution in [0.1, 0.15) is 91.4 Å². The molecule has 0 heterocycles. The average Bonchev–Trinajstić information content (AvgIpc) is 3.02. The molecule has 0 aliphatic heterocycles. The molecule has 4 nitrogen and oxygen atoms in total. The second-order valence-electron chi connectivity index (χ2n) is 13.9. The summed E-state index contributed by atoms with van der Waals surface area (Å²) in [6.07, 6.45) is 12.2. The summed E-state index contributed by atoms with van der Waals surface area (Å²) < 4.78 is 1.00. The number of hydrogen-bond acceptors (Lipinski definition) is 3. The van der Waals surface area contributed by atoms with Crippen molar-refractivity contribution >= 4 is 5.97 Å². The van der Waals surface area contributed by atoms with E-state index in [1.54, 1.807) is 0 Å². The number of aliphatic carboxylic acids is 1. The van der Waals surface area contributed by atoms with Gasteiger partial charge >= 0.3 is 0 Å². The van der Waals surface area contributed by atoms with E-state index in [0.717, 1.165) is 47.4 Å². The lowest BCUT2D eigenvalue weighted by Gasteiger charge is -2.61. The van der Waals surface area contributed by atoms with Gasteiger partial charge in [-0.25, -0.2) is 0 Å². The van der Waals surface area contributed by atoms with Gasteiger partial charge in [0.1, 0.15) is 0 Å². The Hall–Kier alpha value is -0.610. The van der Waals surface area contributed by atoms with Crippen LogP contribution >= 0.6 is 0 Å². The number of quaternary nitrogens is 1. The molecule has 4 aliphatic carbocycles. The molecule has 4 fully saturated rings. The number of hydrogen-bond donors (Lipinski definition) is 1. The molecule has 0 amide bonds. The largest absolute Gasteiger partial charge is 0.550 e. The number of aliphatic hydroxyl groups is 1. The van der Waals surface area contributed by atoms with E-state index in [1.807, 2.05) is 0 Å². The van der Waals surface area contributed by atoms with Gasteiger partial charge in [0.25, 0.3) is 0 Å². The van der Waals surface area contributed by atoms with Gasteiger partial charge in [-0.15, -0.1) is 0 Å². The lowest BCUT2D eigenvalue weighted by Crippen LogP contribution is -2.54. The van der Waals surface area contributed by atoms with Crippen LogP contribution < -0.4 is 5.11 Å². The highest BCUT2D eigenvalue weighted by Crippen LogP contribution is 2.68. The van der Waals surface area contributed by atoms with Gasteiger partial charge in [-0.05, 0) is 117 Å². The minimum atomic E-state index is -0.893. The normalized spacial score (nSPS) is 44.4. The zero-order valence-corrected chi connectivity index (χ0v) is 22.0. The second kappa shape index (κ2) is 9.56. The van der Waals surface area contributed by atoms with Crippen molar-refractivity contribution in [3.05, 3.63) is 0 Å². The summed E-state index contributed by atoms with van der Waals surface area (Å²) in [5, 5.41) is 21.1. The van der Waals surface area contributed by atoms with Crippen LogP contribution in [0, 0.1) is 46.3 Å². The van der Waals surface area contributed by atoms with E-state index in [4.69, 9.17) is 0 Å². The predicted octanol–water partition coefficient (Wildman–Crippen LogP) is 4.49. The summed E-state index contributed by atoms with van der Waals surface area (Å²) >= 11 is 0. The Morgan fingerprint density at radius 3 is 2.19 bits per heavy atom. The number of carbonyl (C=O) groups excluding carboxylic acids is 1. The molecule has 0 unspecified atom stereocenters. The standard InChI is InChI=1S/C24H40O3.C4H12N/c1-15(4-9-22(26)27)19-7-8-20-18-6-5-16-14-17(25)10-12-23(16,2)21(18)11-13-24(19,20)3;1-5(2,3)4/h15-21,25H,4-14H2,1-3H3,(H,26,27);1-4H3/q;+1/p-1/t15-,16-,17-,18+,19-,20+,21+,23+,24-;/m1./s1. The van der Waals surface area contributed by atoms with Crippen molar-refractivity contribution in [1.82, 2.24) is 0 Å². The van der Waals surface area contributed by atoms with E-state index >= 15 is 0 Å². The van der Waals surface area contributed by atoms with Crippen LogP contribution in [-0.4, -0.2) is 49.9 Å². The van der Waals surface area contributed by atoms with Gasteiger partial charge in [0.15, 0.2) is 0 Å². The first-order chi connectivity index (χ1) is 14.8. The first kappa shape index (κ1) is 26.0. The van der Waals surface area contributed by atoms with E-state index in [1.165, 1.54) is 44.9 Å². The molecule has 0 aromatic carbocycles. The Labute approximate surface area is 197 Å². The van der Waals surface area contributed by atoms with Gasteiger partial charge < -0.3 is 19.5 Å². The molecule has 4 heteroatoms. The van der Waals surface area contributed by atoms with Gasteiger partial charge in [0.2, 0.25) is 0 Å². The molecule has 4 aliphatic rings. The van der Waals surface area contributed by atoms with Crippen molar-refractivity contribution in [2.24, 2.45) is 46.3 Å². The van der Waals surface area contributed by atoms with Crippen molar-refractivity contribution < 1.29 is 19.5 Å². The molecule has 32 heavy (non-hydrogen) atoms. The molecule has 0 saturated heterocycles. The second-order valence-corrected chi connectivity index (χ2v) is 13.9. The lowest BCUT2D eigenvalue weighted by molar-refractivity contribution is -0.849. The predicted molar refractivity (Wildman–Crippen MR) is 129 cm³/mol. The molecule has 0 aromatic rings. The van der Waals surface area contributed by atoms with E-state index in [2.05, 4.69) is 49.0 Å². The summed E-state index contributed by atoms with van der Waals surface area (Å²) in [5.41, 5.74) is 0.853. The van der Waals surface area contributed by atoms with Gasteiger partial charge in [-0.2, -0.15) is 0 Å². The summed E-state index contributed by atoms with van der Waals surface area (Å²) in [5.74, 6) is 3.55. The molecular formula is C28H51NO3. The average molecular weight is 450 g/mol. The van der Waals surface area contributed by atoms with Crippen LogP contribution in [0.4, 0.5) is 0 Å². The van der Waals surface area contributed by atoms with Gasteiger partial charge in [0.05, 0.1) is 34.3 Å². The molecule has 0 bridgehead atoms. The van der Waals surface area contributed by atoms with Crippen molar-refractivity contribution in [3.63, 3.8) is 0 Å². The first-order valence-electron chi connectivity index (χ1n) is 13.4. The van der Waals surface area contributed by atoms with Crippen LogP contribution in [0.2, 0.25) is 0 Å². The maximum absolute atomic E-state index is 10.9. The molecule has 186 valence electrons. The molecule has 1 N–H and O–H groups in total. The van der Waals surface area contributed by atoms with Crippen LogP contribution in [0.5, 0.6) is 0 Å². The topological polar surface area (TPSA) is 60.4 Å². The fraction of sp³-hybridized carbons (Fsp3) is 0.964. The fourth-order valence-corrected chi connectivity index (χ4v) is 8.76. The Morgan fingerprint density at radius 1 is 0.969 bits per heavy atom. The number of carbonyl (C=O) groups is 1. The summed E-state index contributed by atoms with van der Waals surface area (Å²) in [4.78, 5) is 10.9. The van der Waals surface area contributed by atoms with E-state index in [9.17, 15) is 15.0 Å². The summed E-state index contributed by atoms with van der Waals surface area (Å²) in [6.45, 7) is 7.38. The van der Waals surface area contributed by atoms with Crippen LogP contribution in [0.15, 0.2) is 0 Å². The maximum atomic E-state index is 10.9. The number of fused-ring (bicyclic) bond motifs is 5. The van der Waals surface area contributed by atoms with E-state index in [-0.39, 0.29) is 12.5 Å². The minimum Gasteiger partial charge on any atom is -0.550 e. The zero-order valence-electron chi connectivity index (χ0n) is 22.0. The number of carboxylic acids is 1. The lowest BCUT2D eigenvalue weighted by atomic mass is 9.44. The van der Waals surface area contributed by atoms with E-state index < -0.39 is 5.97 Å². The van der Waals surface area contributed by atoms with Crippen LogP contribution in [0.25, 0.3) is 0 Å². The Bertz CT molecular complexity index is 652. The number of nitrogens with zero attached hydrogens (tertiary/aromatic N) is 1. The minimum absolute atomic E-state index is 0.0612. The maximum Gasteiger partial charge on any atom is 0.0675 e. The van der Waals surface area contributed by atoms with Crippen molar-refractivity contribution in [2.45, 2.75) is 97.5 Å². The molecule has 0 radical (unpaired) electrons. The van der Waals surface area contributed by atoms with Gasteiger partial charge in [0, 0.05) is 5.97 Å². The molecule has 4 rings (SSSR count). The molecule has 9 atom stereocenters. The van der Waals surface area contributed by atoms with Crippen LogP contribution in [-0.2, 0) is 4.79 Å².